The van der Waals surface area contributed by atoms with E-state index in [2.05, 4.69) is 10.3 Å². The first-order valence-electron chi connectivity index (χ1n) is 8.02. The highest BCUT2D eigenvalue weighted by molar-refractivity contribution is 6.32. The first-order valence-corrected chi connectivity index (χ1v) is 8.40. The van der Waals surface area contributed by atoms with E-state index < -0.39 is 35.4 Å². The van der Waals surface area contributed by atoms with Gasteiger partial charge < -0.3 is 10.2 Å². The number of pyridine rings is 1. The van der Waals surface area contributed by atoms with Crippen LogP contribution in [0.15, 0.2) is 42.6 Å². The van der Waals surface area contributed by atoms with Crippen molar-refractivity contribution in [2.45, 2.75) is 12.1 Å². The first-order chi connectivity index (χ1) is 12.7. The number of hydrogen-bond donors (Lipinski definition) is 1. The lowest BCUT2D eigenvalue weighted by Gasteiger charge is -2.18. The molecule has 2 aromatic rings. The van der Waals surface area contributed by atoms with Gasteiger partial charge in [0.1, 0.15) is 5.92 Å². The summed E-state index contributed by atoms with van der Waals surface area (Å²) in [5.41, 5.74) is -0.0390. The molecular formula is C18H15ClF3N3O2. The van der Waals surface area contributed by atoms with E-state index in [4.69, 9.17) is 11.6 Å². The van der Waals surface area contributed by atoms with Crippen molar-refractivity contribution in [1.29, 1.82) is 0 Å². The number of rotatable bonds is 3. The van der Waals surface area contributed by atoms with Crippen molar-refractivity contribution in [2.24, 2.45) is 5.92 Å². The maximum absolute atomic E-state index is 12.8. The average molecular weight is 398 g/mol. The molecule has 1 aliphatic rings. The van der Waals surface area contributed by atoms with E-state index in [-0.39, 0.29) is 17.4 Å². The van der Waals surface area contributed by atoms with Crippen LogP contribution in [0.3, 0.4) is 0 Å². The zero-order valence-electron chi connectivity index (χ0n) is 14.1. The second kappa shape index (κ2) is 7.19. The molecule has 1 saturated heterocycles. The quantitative estimate of drug-likeness (QED) is 0.636. The standard InChI is InChI=1S/C18H15ClF3N3O2/c1-25-9-12(10-4-6-11(7-5-10)18(20,21)22)14(17(25)27)16(26)24-13-3-2-8-23-15(13)19/h2-8,12,14H,9H2,1H3,(H,24,26)/t12-,14+/m0/s1. The summed E-state index contributed by atoms with van der Waals surface area (Å²) >= 11 is 5.93. The van der Waals surface area contributed by atoms with Gasteiger partial charge in [-0.3, -0.25) is 9.59 Å². The van der Waals surface area contributed by atoms with Crippen LogP contribution in [0.4, 0.5) is 18.9 Å². The molecule has 3 rings (SSSR count). The van der Waals surface area contributed by atoms with E-state index >= 15 is 0 Å². The third kappa shape index (κ3) is 3.90. The molecule has 27 heavy (non-hydrogen) atoms. The Labute approximate surface area is 158 Å². The van der Waals surface area contributed by atoms with E-state index in [1.54, 1.807) is 19.2 Å². The van der Waals surface area contributed by atoms with Crippen LogP contribution in [0.1, 0.15) is 17.0 Å². The SMILES string of the molecule is CN1C[C@@H](c2ccc(C(F)(F)F)cc2)[C@H](C(=O)Nc2cccnc2Cl)C1=O. The van der Waals surface area contributed by atoms with Gasteiger partial charge in [0.05, 0.1) is 11.3 Å². The number of amides is 2. The first kappa shape index (κ1) is 19.2. The van der Waals surface area contributed by atoms with Crippen LogP contribution < -0.4 is 5.32 Å². The molecule has 142 valence electrons. The fourth-order valence-electron chi connectivity index (χ4n) is 3.10. The Morgan fingerprint density at radius 3 is 2.52 bits per heavy atom. The molecular weight excluding hydrogens is 383 g/mol. The van der Waals surface area contributed by atoms with Gasteiger partial charge in [-0.15, -0.1) is 0 Å². The number of likely N-dealkylation sites (tertiary alicyclic amines) is 1. The topological polar surface area (TPSA) is 62.3 Å². The zero-order valence-corrected chi connectivity index (χ0v) is 14.9. The number of alkyl halides is 3. The van der Waals surface area contributed by atoms with Gasteiger partial charge in [0.25, 0.3) is 0 Å². The molecule has 0 bridgehead atoms. The van der Waals surface area contributed by atoms with Gasteiger partial charge >= 0.3 is 6.18 Å². The minimum Gasteiger partial charge on any atom is -0.344 e. The summed E-state index contributed by atoms with van der Waals surface area (Å²) in [7, 11) is 1.55. The summed E-state index contributed by atoms with van der Waals surface area (Å²) in [6, 6.07) is 7.63. The van der Waals surface area contributed by atoms with Crippen LogP contribution in [0.2, 0.25) is 5.15 Å². The second-order valence-corrected chi connectivity index (χ2v) is 6.61. The molecule has 9 heteroatoms. The maximum atomic E-state index is 12.8. The molecule has 1 N–H and O–H groups in total. The minimum absolute atomic E-state index is 0.0794. The summed E-state index contributed by atoms with van der Waals surface area (Å²) in [4.78, 5) is 30.4. The van der Waals surface area contributed by atoms with Crippen LogP contribution in [0.25, 0.3) is 0 Å². The van der Waals surface area contributed by atoms with Crippen molar-refractivity contribution in [3.63, 3.8) is 0 Å². The number of benzene rings is 1. The molecule has 2 heterocycles. The number of hydrogen-bond acceptors (Lipinski definition) is 3. The molecule has 2 amide bonds. The van der Waals surface area contributed by atoms with Gasteiger partial charge in [0.2, 0.25) is 11.8 Å². The predicted octanol–water partition coefficient (Wildman–Crippen LogP) is 3.56. The Morgan fingerprint density at radius 2 is 1.93 bits per heavy atom. The highest BCUT2D eigenvalue weighted by Gasteiger charge is 2.44. The van der Waals surface area contributed by atoms with E-state index in [1.807, 2.05) is 0 Å². The van der Waals surface area contributed by atoms with Gasteiger partial charge in [-0.25, -0.2) is 4.98 Å². The molecule has 1 aromatic heterocycles. The molecule has 1 aromatic carbocycles. The third-order valence-corrected chi connectivity index (χ3v) is 4.78. The smallest absolute Gasteiger partial charge is 0.344 e. The molecule has 0 aliphatic carbocycles. The molecule has 5 nitrogen and oxygen atoms in total. The Balaban J connectivity index is 1.87. The second-order valence-electron chi connectivity index (χ2n) is 6.25. The predicted molar refractivity (Wildman–Crippen MR) is 93.2 cm³/mol. The van der Waals surface area contributed by atoms with Gasteiger partial charge in [-0.05, 0) is 29.8 Å². The minimum atomic E-state index is -4.45. The number of nitrogens with zero attached hydrogens (tertiary/aromatic N) is 2. The summed E-state index contributed by atoms with van der Waals surface area (Å²) in [5, 5.41) is 2.66. The van der Waals surface area contributed by atoms with Crippen molar-refractivity contribution in [1.82, 2.24) is 9.88 Å². The highest BCUT2D eigenvalue weighted by Crippen LogP contribution is 2.36. The number of halogens is 4. The largest absolute Gasteiger partial charge is 0.416 e. The molecule has 0 spiro atoms. The zero-order chi connectivity index (χ0) is 19.8. The van der Waals surface area contributed by atoms with Crippen molar-refractivity contribution >= 4 is 29.1 Å². The average Bonchev–Trinajstić information content (AvgIpc) is 2.91. The maximum Gasteiger partial charge on any atom is 0.416 e. The monoisotopic (exact) mass is 397 g/mol. The summed E-state index contributed by atoms with van der Waals surface area (Å²) in [6.45, 7) is 0.225. The van der Waals surface area contributed by atoms with E-state index in [0.29, 0.717) is 5.56 Å². The van der Waals surface area contributed by atoms with Gasteiger partial charge in [-0.2, -0.15) is 13.2 Å². The van der Waals surface area contributed by atoms with Gasteiger partial charge in [0, 0.05) is 25.7 Å². The number of nitrogens with one attached hydrogen (secondary N) is 1. The van der Waals surface area contributed by atoms with Crippen LogP contribution >= 0.6 is 11.6 Å². The number of anilines is 1. The van der Waals surface area contributed by atoms with Gasteiger partial charge in [-0.1, -0.05) is 23.7 Å². The van der Waals surface area contributed by atoms with Crippen LogP contribution in [-0.4, -0.2) is 35.3 Å². The molecule has 2 atom stereocenters. The van der Waals surface area contributed by atoms with E-state index in [1.165, 1.54) is 23.2 Å². The molecule has 0 unspecified atom stereocenters. The number of carbonyl (C=O) groups excluding carboxylic acids is 2. The lowest BCUT2D eigenvalue weighted by molar-refractivity contribution is -0.138. The summed E-state index contributed by atoms with van der Waals surface area (Å²) < 4.78 is 38.3. The van der Waals surface area contributed by atoms with Crippen LogP contribution in [-0.2, 0) is 15.8 Å². The highest BCUT2D eigenvalue weighted by atomic mass is 35.5. The third-order valence-electron chi connectivity index (χ3n) is 4.48. The summed E-state index contributed by atoms with van der Waals surface area (Å²) in [6.07, 6.45) is -2.99. The lowest BCUT2D eigenvalue weighted by Crippen LogP contribution is -2.32. The Morgan fingerprint density at radius 1 is 1.26 bits per heavy atom. The van der Waals surface area contributed by atoms with Crippen LogP contribution in [0, 0.1) is 5.92 Å². The van der Waals surface area contributed by atoms with Crippen molar-refractivity contribution < 1.29 is 22.8 Å². The van der Waals surface area contributed by atoms with Gasteiger partial charge in [0.15, 0.2) is 5.15 Å². The fourth-order valence-corrected chi connectivity index (χ4v) is 3.27. The van der Waals surface area contributed by atoms with E-state index in [0.717, 1.165) is 12.1 Å². The van der Waals surface area contributed by atoms with E-state index in [9.17, 15) is 22.8 Å². The molecule has 0 radical (unpaired) electrons. The molecule has 1 aliphatic heterocycles. The Kier molecular flexibility index (Phi) is 5.10. The number of likely N-dealkylation sites (N-methyl/N-ethyl adjacent to an activating group) is 1. The fraction of sp³-hybridized carbons (Fsp3) is 0.278. The number of carbonyl (C=O) groups is 2. The lowest BCUT2D eigenvalue weighted by atomic mass is 9.87. The van der Waals surface area contributed by atoms with Crippen molar-refractivity contribution in [3.05, 3.63) is 58.9 Å². The van der Waals surface area contributed by atoms with Crippen molar-refractivity contribution in [2.75, 3.05) is 18.9 Å². The molecule has 1 fully saturated rings. The Hall–Kier alpha value is -2.61. The summed E-state index contributed by atoms with van der Waals surface area (Å²) in [5.74, 6) is -2.62. The van der Waals surface area contributed by atoms with Crippen molar-refractivity contribution in [3.8, 4) is 0 Å². The Bertz CT molecular complexity index is 871. The molecule has 0 saturated carbocycles. The number of aromatic nitrogens is 1. The van der Waals surface area contributed by atoms with Crippen LogP contribution in [0.5, 0.6) is 0 Å². The normalized spacial score (nSPS) is 20.0.